The normalized spacial score (nSPS) is 12.6. The Hall–Kier alpha value is -2.14. The van der Waals surface area contributed by atoms with Crippen LogP contribution in [0.15, 0.2) is 54.6 Å². The molecule has 2 aromatic rings. The quantitative estimate of drug-likeness (QED) is 0.834. The molecule has 21 heavy (non-hydrogen) atoms. The van der Waals surface area contributed by atoms with E-state index in [1.807, 2.05) is 37.3 Å². The van der Waals surface area contributed by atoms with Crippen molar-refractivity contribution in [2.24, 2.45) is 0 Å². The molecule has 0 fully saturated rings. The highest BCUT2D eigenvalue weighted by Crippen LogP contribution is 2.18. The summed E-state index contributed by atoms with van der Waals surface area (Å²) in [6, 6.07) is 15.8. The summed E-state index contributed by atoms with van der Waals surface area (Å²) in [6.07, 6.45) is 0.718. The van der Waals surface area contributed by atoms with Gasteiger partial charge in [0.2, 0.25) is 10.0 Å². The van der Waals surface area contributed by atoms with Gasteiger partial charge in [-0.05, 0) is 35.7 Å². The summed E-state index contributed by atoms with van der Waals surface area (Å²) in [5.74, 6) is -0.0927. The van der Waals surface area contributed by atoms with Gasteiger partial charge in [0.25, 0.3) is 0 Å². The number of benzene rings is 2. The number of rotatable bonds is 6. The molecule has 0 aliphatic heterocycles. The Morgan fingerprint density at radius 3 is 2.24 bits per heavy atom. The molecule has 0 radical (unpaired) electrons. The number of anilines is 1. The summed E-state index contributed by atoms with van der Waals surface area (Å²) < 4.78 is 26.8. The Kier molecular flexibility index (Phi) is 4.75. The third kappa shape index (κ3) is 4.43. The Morgan fingerprint density at radius 1 is 1.05 bits per heavy atom. The van der Waals surface area contributed by atoms with Crippen LogP contribution in [0, 0.1) is 0 Å². The zero-order valence-corrected chi connectivity index (χ0v) is 12.5. The van der Waals surface area contributed by atoms with E-state index >= 15 is 0 Å². The Labute approximate surface area is 124 Å². The van der Waals surface area contributed by atoms with Crippen molar-refractivity contribution in [1.82, 2.24) is 0 Å². The van der Waals surface area contributed by atoms with Gasteiger partial charge in [0.05, 0.1) is 5.75 Å². The van der Waals surface area contributed by atoms with Gasteiger partial charge < -0.3 is 0 Å². The van der Waals surface area contributed by atoms with Gasteiger partial charge in [-0.3, -0.25) is 9.52 Å². The minimum atomic E-state index is -3.44. The SMILES string of the molecule is CC(CS(=O)(=O)Nc1ccc(C=O)cc1)c1ccccc1. The summed E-state index contributed by atoms with van der Waals surface area (Å²) >= 11 is 0. The van der Waals surface area contributed by atoms with E-state index in [-0.39, 0.29) is 11.7 Å². The smallest absolute Gasteiger partial charge is 0.233 e. The summed E-state index contributed by atoms with van der Waals surface area (Å²) in [6.45, 7) is 1.88. The van der Waals surface area contributed by atoms with Crippen LogP contribution in [0.2, 0.25) is 0 Å². The van der Waals surface area contributed by atoms with Gasteiger partial charge in [0.1, 0.15) is 6.29 Å². The van der Waals surface area contributed by atoms with E-state index in [0.717, 1.165) is 11.8 Å². The van der Waals surface area contributed by atoms with E-state index < -0.39 is 10.0 Å². The standard InChI is InChI=1S/C16H17NO3S/c1-13(15-5-3-2-4-6-15)12-21(19,20)17-16-9-7-14(11-18)8-10-16/h2-11,13,17H,12H2,1H3. The zero-order chi connectivity index (χ0) is 15.3. The number of nitrogens with one attached hydrogen (secondary N) is 1. The highest BCUT2D eigenvalue weighted by atomic mass is 32.2. The molecule has 1 N–H and O–H groups in total. The second-order valence-electron chi connectivity index (χ2n) is 4.94. The van der Waals surface area contributed by atoms with Crippen molar-refractivity contribution in [2.75, 3.05) is 10.5 Å². The molecule has 1 unspecified atom stereocenters. The molecule has 0 saturated heterocycles. The van der Waals surface area contributed by atoms with Crippen LogP contribution in [0.1, 0.15) is 28.8 Å². The molecular formula is C16H17NO3S. The minimum absolute atomic E-state index is 0.00639. The average Bonchev–Trinajstić information content (AvgIpc) is 2.48. The van der Waals surface area contributed by atoms with E-state index in [1.54, 1.807) is 24.3 Å². The molecule has 5 heteroatoms. The summed E-state index contributed by atoms with van der Waals surface area (Å²) in [5.41, 5.74) is 1.95. The van der Waals surface area contributed by atoms with Crippen LogP contribution in [-0.2, 0) is 10.0 Å². The van der Waals surface area contributed by atoms with Crippen LogP contribution in [0.4, 0.5) is 5.69 Å². The fraction of sp³-hybridized carbons (Fsp3) is 0.188. The third-order valence-electron chi connectivity index (χ3n) is 3.16. The minimum Gasteiger partial charge on any atom is -0.298 e. The molecule has 2 rings (SSSR count). The van der Waals surface area contributed by atoms with Crippen LogP contribution in [0.25, 0.3) is 0 Å². The molecule has 0 aliphatic carbocycles. The first-order valence-electron chi connectivity index (χ1n) is 6.61. The summed E-state index contributed by atoms with van der Waals surface area (Å²) in [5, 5.41) is 0. The first-order valence-corrected chi connectivity index (χ1v) is 8.26. The molecule has 110 valence electrons. The Bertz CT molecular complexity index is 694. The van der Waals surface area contributed by atoms with Gasteiger partial charge in [-0.1, -0.05) is 37.3 Å². The molecule has 0 saturated carbocycles. The van der Waals surface area contributed by atoms with Crippen molar-refractivity contribution in [3.8, 4) is 0 Å². The molecule has 1 atom stereocenters. The van der Waals surface area contributed by atoms with Gasteiger partial charge >= 0.3 is 0 Å². The number of carbonyl (C=O) groups is 1. The first-order chi connectivity index (χ1) is 10.00. The van der Waals surface area contributed by atoms with Crippen molar-refractivity contribution in [3.05, 3.63) is 65.7 Å². The van der Waals surface area contributed by atoms with Crippen LogP contribution < -0.4 is 4.72 Å². The van der Waals surface area contributed by atoms with Gasteiger partial charge in [-0.25, -0.2) is 8.42 Å². The van der Waals surface area contributed by atoms with Crippen LogP contribution in [0.3, 0.4) is 0 Å². The fourth-order valence-electron chi connectivity index (χ4n) is 2.06. The maximum atomic E-state index is 12.2. The largest absolute Gasteiger partial charge is 0.298 e. The zero-order valence-electron chi connectivity index (χ0n) is 11.7. The second-order valence-corrected chi connectivity index (χ2v) is 6.70. The number of hydrogen-bond acceptors (Lipinski definition) is 3. The lowest BCUT2D eigenvalue weighted by Crippen LogP contribution is -2.20. The third-order valence-corrected chi connectivity index (χ3v) is 4.64. The number of aldehydes is 1. The molecule has 0 aliphatic rings. The fourth-order valence-corrected chi connectivity index (χ4v) is 3.49. The Morgan fingerprint density at radius 2 is 1.67 bits per heavy atom. The molecule has 0 aromatic heterocycles. The van der Waals surface area contributed by atoms with Crippen molar-refractivity contribution in [1.29, 1.82) is 0 Å². The van der Waals surface area contributed by atoms with E-state index in [9.17, 15) is 13.2 Å². The van der Waals surface area contributed by atoms with Gasteiger partial charge in [-0.2, -0.15) is 0 Å². The van der Waals surface area contributed by atoms with Gasteiger partial charge in [0, 0.05) is 11.3 Å². The highest BCUT2D eigenvalue weighted by Gasteiger charge is 2.17. The van der Waals surface area contributed by atoms with E-state index in [1.165, 1.54) is 0 Å². The second kappa shape index (κ2) is 6.54. The van der Waals surface area contributed by atoms with Crippen molar-refractivity contribution in [2.45, 2.75) is 12.8 Å². The highest BCUT2D eigenvalue weighted by molar-refractivity contribution is 7.92. The van der Waals surface area contributed by atoms with E-state index in [2.05, 4.69) is 4.72 Å². The molecule has 4 nitrogen and oxygen atoms in total. The van der Waals surface area contributed by atoms with Crippen LogP contribution in [-0.4, -0.2) is 20.5 Å². The predicted octanol–water partition coefficient (Wildman–Crippen LogP) is 3.04. The molecule has 2 aromatic carbocycles. The number of sulfonamides is 1. The lowest BCUT2D eigenvalue weighted by Gasteiger charge is -2.14. The van der Waals surface area contributed by atoms with Crippen molar-refractivity contribution < 1.29 is 13.2 Å². The van der Waals surface area contributed by atoms with Crippen molar-refractivity contribution >= 4 is 22.0 Å². The topological polar surface area (TPSA) is 63.2 Å². The maximum absolute atomic E-state index is 12.2. The molecular weight excluding hydrogens is 286 g/mol. The predicted molar refractivity (Wildman–Crippen MR) is 84.1 cm³/mol. The van der Waals surface area contributed by atoms with Gasteiger partial charge in [-0.15, -0.1) is 0 Å². The summed E-state index contributed by atoms with van der Waals surface area (Å²) in [4.78, 5) is 10.6. The first kappa shape index (κ1) is 15.3. The van der Waals surface area contributed by atoms with Crippen molar-refractivity contribution in [3.63, 3.8) is 0 Å². The Balaban J connectivity index is 2.06. The van der Waals surface area contributed by atoms with Crippen LogP contribution in [0.5, 0.6) is 0 Å². The molecule has 0 bridgehead atoms. The number of carbonyl (C=O) groups excluding carboxylic acids is 1. The monoisotopic (exact) mass is 303 g/mol. The van der Waals surface area contributed by atoms with E-state index in [4.69, 9.17) is 0 Å². The lowest BCUT2D eigenvalue weighted by atomic mass is 10.0. The lowest BCUT2D eigenvalue weighted by molar-refractivity contribution is 0.112. The van der Waals surface area contributed by atoms with Gasteiger partial charge in [0.15, 0.2) is 0 Å². The van der Waals surface area contributed by atoms with E-state index in [0.29, 0.717) is 11.3 Å². The molecule has 0 heterocycles. The maximum Gasteiger partial charge on any atom is 0.233 e. The van der Waals surface area contributed by atoms with Crippen LogP contribution >= 0.6 is 0 Å². The number of hydrogen-bond donors (Lipinski definition) is 1. The molecule has 0 spiro atoms. The average molecular weight is 303 g/mol. The molecule has 0 amide bonds. The summed E-state index contributed by atoms with van der Waals surface area (Å²) in [7, 11) is -3.44.